The number of rotatable bonds is 5. The molecule has 0 aromatic heterocycles. The van der Waals surface area contributed by atoms with E-state index in [4.69, 9.17) is 9.47 Å². The van der Waals surface area contributed by atoms with Crippen molar-refractivity contribution in [3.8, 4) is 5.75 Å². The SMILES string of the molecule is COc1cccc(NC(=O)[C@@H](C)OC(=O)c2ccc3c(c2)CCCC3)c1. The summed E-state index contributed by atoms with van der Waals surface area (Å²) in [6, 6.07) is 12.7. The monoisotopic (exact) mass is 353 g/mol. The van der Waals surface area contributed by atoms with Crippen LogP contribution in [0.2, 0.25) is 0 Å². The molecule has 1 aliphatic rings. The van der Waals surface area contributed by atoms with E-state index in [-0.39, 0.29) is 5.91 Å². The molecule has 0 unspecified atom stereocenters. The average molecular weight is 353 g/mol. The predicted molar refractivity (Wildman–Crippen MR) is 99.6 cm³/mol. The van der Waals surface area contributed by atoms with Crippen LogP contribution in [0, 0.1) is 0 Å². The van der Waals surface area contributed by atoms with Gasteiger partial charge >= 0.3 is 5.97 Å². The molecule has 0 spiro atoms. The molecular formula is C21H23NO4. The van der Waals surface area contributed by atoms with Crippen molar-refractivity contribution in [3.05, 3.63) is 59.2 Å². The van der Waals surface area contributed by atoms with E-state index in [9.17, 15) is 9.59 Å². The lowest BCUT2D eigenvalue weighted by molar-refractivity contribution is -0.123. The van der Waals surface area contributed by atoms with Crippen LogP contribution in [-0.2, 0) is 22.4 Å². The highest BCUT2D eigenvalue weighted by atomic mass is 16.5. The Morgan fingerprint density at radius 2 is 1.81 bits per heavy atom. The van der Waals surface area contributed by atoms with Crippen LogP contribution < -0.4 is 10.1 Å². The highest BCUT2D eigenvalue weighted by Gasteiger charge is 2.20. The standard InChI is InChI=1S/C21H23NO4/c1-14(20(23)22-18-8-5-9-19(13-18)25-2)26-21(24)17-11-10-15-6-3-4-7-16(15)12-17/h5,8-14H,3-4,6-7H2,1-2H3,(H,22,23)/t14-/m1/s1. The number of esters is 1. The van der Waals surface area contributed by atoms with E-state index in [1.165, 1.54) is 17.5 Å². The fourth-order valence-corrected chi connectivity index (χ4v) is 3.09. The Labute approximate surface area is 153 Å². The summed E-state index contributed by atoms with van der Waals surface area (Å²) in [5.74, 6) is -0.224. The van der Waals surface area contributed by atoms with Gasteiger partial charge in [-0.25, -0.2) is 4.79 Å². The van der Waals surface area contributed by atoms with Gasteiger partial charge in [0, 0.05) is 11.8 Å². The third-order valence-electron chi connectivity index (χ3n) is 4.57. The molecule has 0 saturated heterocycles. The summed E-state index contributed by atoms with van der Waals surface area (Å²) in [6.07, 6.45) is 3.49. The zero-order chi connectivity index (χ0) is 18.5. The number of hydrogen-bond donors (Lipinski definition) is 1. The molecule has 0 saturated carbocycles. The molecule has 0 bridgehead atoms. The first-order valence-corrected chi connectivity index (χ1v) is 8.84. The molecule has 1 N–H and O–H groups in total. The van der Waals surface area contributed by atoms with E-state index < -0.39 is 12.1 Å². The van der Waals surface area contributed by atoms with Crippen LogP contribution in [-0.4, -0.2) is 25.1 Å². The van der Waals surface area contributed by atoms with E-state index in [2.05, 4.69) is 5.32 Å². The number of aryl methyl sites for hydroxylation is 2. The van der Waals surface area contributed by atoms with Crippen molar-refractivity contribution < 1.29 is 19.1 Å². The average Bonchev–Trinajstić information content (AvgIpc) is 2.67. The zero-order valence-corrected chi connectivity index (χ0v) is 15.1. The lowest BCUT2D eigenvalue weighted by Crippen LogP contribution is -2.30. The summed E-state index contributed by atoms with van der Waals surface area (Å²) in [5, 5.41) is 2.73. The van der Waals surface area contributed by atoms with Gasteiger partial charge in [0.15, 0.2) is 6.10 Å². The number of amides is 1. The molecule has 3 rings (SSSR count). The number of carbonyl (C=O) groups is 2. The van der Waals surface area contributed by atoms with Crippen molar-refractivity contribution in [3.63, 3.8) is 0 Å². The molecule has 26 heavy (non-hydrogen) atoms. The fraction of sp³-hybridized carbons (Fsp3) is 0.333. The molecule has 2 aromatic rings. The Kier molecular flexibility index (Phi) is 5.56. The second-order valence-electron chi connectivity index (χ2n) is 6.46. The number of carbonyl (C=O) groups excluding carboxylic acids is 2. The molecule has 136 valence electrons. The molecule has 1 atom stereocenters. The number of fused-ring (bicyclic) bond motifs is 1. The first-order chi connectivity index (χ1) is 12.6. The summed E-state index contributed by atoms with van der Waals surface area (Å²) in [4.78, 5) is 24.7. The smallest absolute Gasteiger partial charge is 0.338 e. The summed E-state index contributed by atoms with van der Waals surface area (Å²) in [6.45, 7) is 1.56. The third-order valence-corrected chi connectivity index (χ3v) is 4.57. The van der Waals surface area contributed by atoms with E-state index in [0.29, 0.717) is 17.0 Å². The summed E-state index contributed by atoms with van der Waals surface area (Å²) in [7, 11) is 1.56. The highest BCUT2D eigenvalue weighted by molar-refractivity contribution is 5.97. The van der Waals surface area contributed by atoms with Crippen LogP contribution in [0.4, 0.5) is 5.69 Å². The van der Waals surface area contributed by atoms with Crippen molar-refractivity contribution in [1.29, 1.82) is 0 Å². The lowest BCUT2D eigenvalue weighted by Gasteiger charge is -2.17. The van der Waals surface area contributed by atoms with Crippen LogP contribution in [0.25, 0.3) is 0 Å². The largest absolute Gasteiger partial charge is 0.497 e. The number of hydrogen-bond acceptors (Lipinski definition) is 4. The number of anilines is 1. The fourth-order valence-electron chi connectivity index (χ4n) is 3.09. The maximum atomic E-state index is 12.4. The minimum Gasteiger partial charge on any atom is -0.497 e. The van der Waals surface area contributed by atoms with Crippen molar-refractivity contribution in [2.45, 2.75) is 38.7 Å². The summed E-state index contributed by atoms with van der Waals surface area (Å²) in [5.41, 5.74) is 3.59. The molecule has 0 radical (unpaired) electrons. The lowest BCUT2D eigenvalue weighted by atomic mass is 9.90. The number of ether oxygens (including phenoxy) is 2. The molecule has 5 nitrogen and oxygen atoms in total. The van der Waals surface area contributed by atoms with Crippen molar-refractivity contribution >= 4 is 17.6 Å². The van der Waals surface area contributed by atoms with E-state index in [0.717, 1.165) is 19.3 Å². The van der Waals surface area contributed by atoms with Gasteiger partial charge in [-0.15, -0.1) is 0 Å². The molecule has 0 aliphatic heterocycles. The maximum Gasteiger partial charge on any atom is 0.338 e. The van der Waals surface area contributed by atoms with Gasteiger partial charge in [0.1, 0.15) is 5.75 Å². The van der Waals surface area contributed by atoms with Gasteiger partial charge in [-0.2, -0.15) is 0 Å². The van der Waals surface area contributed by atoms with E-state index in [1.807, 2.05) is 12.1 Å². The Morgan fingerprint density at radius 1 is 1.04 bits per heavy atom. The van der Waals surface area contributed by atoms with Gasteiger partial charge in [-0.3, -0.25) is 4.79 Å². The van der Waals surface area contributed by atoms with Crippen molar-refractivity contribution in [2.75, 3.05) is 12.4 Å². The molecule has 0 heterocycles. The topological polar surface area (TPSA) is 64.6 Å². The van der Waals surface area contributed by atoms with Gasteiger partial charge in [0.25, 0.3) is 5.91 Å². The second-order valence-corrected chi connectivity index (χ2v) is 6.46. The Balaban J connectivity index is 1.62. The Hall–Kier alpha value is -2.82. The first-order valence-electron chi connectivity index (χ1n) is 8.84. The Morgan fingerprint density at radius 3 is 2.58 bits per heavy atom. The molecule has 0 fully saturated rings. The van der Waals surface area contributed by atoms with Gasteiger partial charge in [0.05, 0.1) is 12.7 Å². The number of nitrogens with one attached hydrogen (secondary N) is 1. The third kappa shape index (κ3) is 4.23. The van der Waals surface area contributed by atoms with E-state index >= 15 is 0 Å². The van der Waals surface area contributed by atoms with Crippen molar-refractivity contribution in [2.24, 2.45) is 0 Å². The van der Waals surface area contributed by atoms with E-state index in [1.54, 1.807) is 44.4 Å². The molecule has 5 heteroatoms. The van der Waals surface area contributed by atoms with Crippen molar-refractivity contribution in [1.82, 2.24) is 0 Å². The summed E-state index contributed by atoms with van der Waals surface area (Å²) < 4.78 is 10.5. The van der Waals surface area contributed by atoms with Crippen LogP contribution in [0.5, 0.6) is 5.75 Å². The van der Waals surface area contributed by atoms with Crippen LogP contribution in [0.15, 0.2) is 42.5 Å². The number of benzene rings is 2. The minimum atomic E-state index is -0.898. The molecule has 1 aliphatic carbocycles. The number of methoxy groups -OCH3 is 1. The molecular weight excluding hydrogens is 330 g/mol. The first kappa shape index (κ1) is 18.0. The normalized spacial score (nSPS) is 14.1. The van der Waals surface area contributed by atoms with Crippen LogP contribution >= 0.6 is 0 Å². The van der Waals surface area contributed by atoms with Gasteiger partial charge in [0.2, 0.25) is 0 Å². The molecule has 1 amide bonds. The predicted octanol–water partition coefficient (Wildman–Crippen LogP) is 3.76. The highest BCUT2D eigenvalue weighted by Crippen LogP contribution is 2.23. The molecule has 2 aromatic carbocycles. The van der Waals surface area contributed by atoms with Gasteiger partial charge in [-0.1, -0.05) is 12.1 Å². The van der Waals surface area contributed by atoms with Crippen LogP contribution in [0.3, 0.4) is 0 Å². The quantitative estimate of drug-likeness (QED) is 0.832. The second kappa shape index (κ2) is 8.04. The summed E-state index contributed by atoms with van der Waals surface area (Å²) >= 11 is 0. The minimum absolute atomic E-state index is 0.385. The van der Waals surface area contributed by atoms with Gasteiger partial charge in [-0.05, 0) is 68.0 Å². The Bertz CT molecular complexity index is 815. The van der Waals surface area contributed by atoms with Crippen LogP contribution in [0.1, 0.15) is 41.3 Å². The van der Waals surface area contributed by atoms with Gasteiger partial charge < -0.3 is 14.8 Å². The maximum absolute atomic E-state index is 12.4. The zero-order valence-electron chi connectivity index (χ0n) is 15.1.